The number of nitrogens with one attached hydrogen (secondary N) is 2. The van der Waals surface area contributed by atoms with Gasteiger partial charge in [-0.05, 0) is 13.8 Å². The van der Waals surface area contributed by atoms with Gasteiger partial charge in [0.2, 0.25) is 0 Å². The van der Waals surface area contributed by atoms with Gasteiger partial charge in [0.15, 0.2) is 0 Å². The van der Waals surface area contributed by atoms with Crippen LogP contribution in [0.3, 0.4) is 0 Å². The molecule has 1 saturated heterocycles. The van der Waals surface area contributed by atoms with Gasteiger partial charge in [-0.1, -0.05) is 0 Å². The van der Waals surface area contributed by atoms with Gasteiger partial charge in [-0.25, -0.2) is 10.6 Å². The van der Waals surface area contributed by atoms with Crippen LogP contribution in [0.15, 0.2) is 0 Å². The lowest BCUT2D eigenvalue weighted by molar-refractivity contribution is -0.126. The normalized spacial score (nSPS) is 23.4. The Morgan fingerprint density at radius 1 is 1.64 bits per heavy atom. The minimum Gasteiger partial charge on any atom is -0.301 e. The third kappa shape index (κ3) is 1.53. The molecule has 0 spiro atoms. The van der Waals surface area contributed by atoms with Gasteiger partial charge in [0.1, 0.15) is 12.1 Å². The Kier molecular flexibility index (Phi) is 2.70. The van der Waals surface area contributed by atoms with Crippen LogP contribution >= 0.6 is 0 Å². The highest BCUT2D eigenvalue weighted by Crippen LogP contribution is 2.12. The molecule has 2 unspecified atom stereocenters. The van der Waals surface area contributed by atoms with Crippen molar-refractivity contribution < 1.29 is 14.4 Å². The molecule has 14 heavy (non-hydrogen) atoms. The van der Waals surface area contributed by atoms with Gasteiger partial charge < -0.3 is 4.90 Å². The molecule has 0 saturated carbocycles. The minimum absolute atomic E-state index is 0.410. The van der Waals surface area contributed by atoms with Crippen LogP contribution in [-0.4, -0.2) is 34.8 Å². The molecule has 1 fully saturated rings. The van der Waals surface area contributed by atoms with Crippen LogP contribution < -0.4 is 16.6 Å². The number of hydrazine groups is 1. The molecule has 0 aromatic carbocycles. The second-order valence-electron chi connectivity index (χ2n) is 3.06. The van der Waals surface area contributed by atoms with E-state index < -0.39 is 29.9 Å². The Morgan fingerprint density at radius 2 is 2.21 bits per heavy atom. The highest BCUT2D eigenvalue weighted by Gasteiger charge is 2.40. The van der Waals surface area contributed by atoms with Gasteiger partial charge in [0, 0.05) is 0 Å². The largest absolute Gasteiger partial charge is 0.325 e. The predicted octanol–water partition coefficient (Wildman–Crippen LogP) is -1.69. The summed E-state index contributed by atoms with van der Waals surface area (Å²) in [5.74, 6) is 4.00. The number of imide groups is 1. The summed E-state index contributed by atoms with van der Waals surface area (Å²) in [6, 6.07) is -1.98. The molecular weight excluding hydrogens is 188 g/mol. The molecule has 4 amide bonds. The van der Waals surface area contributed by atoms with Crippen molar-refractivity contribution in [3.8, 4) is 0 Å². The third-order valence-electron chi connectivity index (χ3n) is 2.20. The quantitative estimate of drug-likeness (QED) is 0.214. The number of hydrogen-bond acceptors (Lipinski definition) is 4. The zero-order valence-electron chi connectivity index (χ0n) is 7.90. The number of carbonyl (C=O) groups is 3. The zero-order valence-corrected chi connectivity index (χ0v) is 7.90. The smallest absolute Gasteiger partial charge is 0.301 e. The lowest BCUT2D eigenvalue weighted by atomic mass is 10.2. The molecule has 2 atom stereocenters. The molecule has 0 aromatic rings. The van der Waals surface area contributed by atoms with E-state index >= 15 is 0 Å². The fourth-order valence-corrected chi connectivity index (χ4v) is 1.33. The number of nitrogens with zero attached hydrogens (tertiary/aromatic N) is 1. The first-order valence-electron chi connectivity index (χ1n) is 4.12. The monoisotopic (exact) mass is 200 g/mol. The van der Waals surface area contributed by atoms with Gasteiger partial charge in [0.05, 0.1) is 0 Å². The Balaban J connectivity index is 2.82. The van der Waals surface area contributed by atoms with Gasteiger partial charge >= 0.3 is 6.03 Å². The molecule has 1 heterocycles. The molecule has 1 rings (SSSR count). The number of nitrogens with two attached hydrogens (primary N) is 1. The first kappa shape index (κ1) is 10.5. The van der Waals surface area contributed by atoms with E-state index in [1.807, 2.05) is 5.43 Å². The van der Waals surface area contributed by atoms with Crippen LogP contribution in [0.1, 0.15) is 13.8 Å². The maximum atomic E-state index is 11.2. The van der Waals surface area contributed by atoms with Crippen LogP contribution in [0.25, 0.3) is 0 Å². The van der Waals surface area contributed by atoms with E-state index in [0.717, 1.165) is 4.90 Å². The zero-order chi connectivity index (χ0) is 10.9. The molecule has 0 aliphatic carbocycles. The Hall–Kier alpha value is -1.63. The first-order valence-corrected chi connectivity index (χ1v) is 4.12. The summed E-state index contributed by atoms with van der Waals surface area (Å²) >= 11 is 0. The number of hydrogen-bond donors (Lipinski definition) is 3. The second-order valence-corrected chi connectivity index (χ2v) is 3.06. The van der Waals surface area contributed by atoms with Crippen molar-refractivity contribution >= 4 is 17.8 Å². The van der Waals surface area contributed by atoms with E-state index in [1.165, 1.54) is 6.92 Å². The third-order valence-corrected chi connectivity index (χ3v) is 2.20. The SMILES string of the molecule is CC(C(=O)NN)N1C(=O)NC(=O)C1C. The van der Waals surface area contributed by atoms with E-state index in [-0.39, 0.29) is 0 Å². The van der Waals surface area contributed by atoms with E-state index in [9.17, 15) is 14.4 Å². The summed E-state index contributed by atoms with van der Waals surface area (Å²) < 4.78 is 0. The molecule has 0 bridgehead atoms. The molecule has 1 aliphatic rings. The van der Waals surface area contributed by atoms with Crippen LogP contribution in [-0.2, 0) is 9.59 Å². The van der Waals surface area contributed by atoms with Crippen molar-refractivity contribution in [1.29, 1.82) is 0 Å². The summed E-state index contributed by atoms with van der Waals surface area (Å²) in [7, 11) is 0. The fourth-order valence-electron chi connectivity index (χ4n) is 1.33. The number of carbonyl (C=O) groups excluding carboxylic acids is 3. The number of rotatable bonds is 2. The van der Waals surface area contributed by atoms with Gasteiger partial charge in [0.25, 0.3) is 11.8 Å². The van der Waals surface area contributed by atoms with Crippen molar-refractivity contribution in [3.63, 3.8) is 0 Å². The summed E-state index contributed by atoms with van der Waals surface area (Å²) in [5, 5.41) is 2.10. The Morgan fingerprint density at radius 3 is 2.57 bits per heavy atom. The lowest BCUT2D eigenvalue weighted by Crippen LogP contribution is -2.50. The summed E-state index contributed by atoms with van der Waals surface area (Å²) in [6.45, 7) is 3.04. The van der Waals surface area contributed by atoms with Crippen LogP contribution in [0.4, 0.5) is 4.79 Å². The Bertz CT molecular complexity index is 291. The average Bonchev–Trinajstić information content (AvgIpc) is 2.39. The topological polar surface area (TPSA) is 105 Å². The van der Waals surface area contributed by atoms with Crippen LogP contribution in [0, 0.1) is 0 Å². The summed E-state index contributed by atoms with van der Waals surface area (Å²) in [6.07, 6.45) is 0. The standard InChI is InChI=1S/C7H12N4O3/c1-3-5(12)9-7(14)11(3)4(2)6(13)10-8/h3-4H,8H2,1-2H3,(H,10,13)(H,9,12,14). The van der Waals surface area contributed by atoms with Gasteiger partial charge in [-0.3, -0.25) is 20.3 Å². The van der Waals surface area contributed by atoms with E-state index in [2.05, 4.69) is 5.32 Å². The molecule has 7 nitrogen and oxygen atoms in total. The van der Waals surface area contributed by atoms with Crippen LogP contribution in [0.2, 0.25) is 0 Å². The second kappa shape index (κ2) is 3.62. The molecule has 4 N–H and O–H groups in total. The van der Waals surface area contributed by atoms with E-state index in [1.54, 1.807) is 6.92 Å². The highest BCUT2D eigenvalue weighted by atomic mass is 16.2. The van der Waals surface area contributed by atoms with Crippen molar-refractivity contribution in [2.45, 2.75) is 25.9 Å². The highest BCUT2D eigenvalue weighted by molar-refractivity contribution is 6.05. The Labute approximate surface area is 80.6 Å². The maximum Gasteiger partial charge on any atom is 0.325 e. The lowest BCUT2D eigenvalue weighted by Gasteiger charge is -2.24. The van der Waals surface area contributed by atoms with Gasteiger partial charge in [-0.2, -0.15) is 0 Å². The van der Waals surface area contributed by atoms with Crippen molar-refractivity contribution in [2.24, 2.45) is 5.84 Å². The summed E-state index contributed by atoms with van der Waals surface area (Å²) in [4.78, 5) is 34.6. The molecule has 1 aliphatic heterocycles. The average molecular weight is 200 g/mol. The molecule has 7 heteroatoms. The summed E-state index contributed by atoms with van der Waals surface area (Å²) in [5.41, 5.74) is 1.93. The molecule has 78 valence electrons. The molecular formula is C7H12N4O3. The minimum atomic E-state index is -0.763. The van der Waals surface area contributed by atoms with Crippen molar-refractivity contribution in [1.82, 2.24) is 15.6 Å². The number of amides is 4. The van der Waals surface area contributed by atoms with Crippen molar-refractivity contribution in [2.75, 3.05) is 0 Å². The first-order chi connectivity index (χ1) is 6.49. The van der Waals surface area contributed by atoms with E-state index in [0.29, 0.717) is 0 Å². The maximum absolute atomic E-state index is 11.2. The molecule has 0 aromatic heterocycles. The van der Waals surface area contributed by atoms with Crippen molar-refractivity contribution in [3.05, 3.63) is 0 Å². The van der Waals surface area contributed by atoms with Gasteiger partial charge in [-0.15, -0.1) is 0 Å². The molecule has 0 radical (unpaired) electrons. The van der Waals surface area contributed by atoms with Crippen LogP contribution in [0.5, 0.6) is 0 Å². The fraction of sp³-hybridized carbons (Fsp3) is 0.571. The van der Waals surface area contributed by atoms with E-state index in [4.69, 9.17) is 5.84 Å². The predicted molar refractivity (Wildman–Crippen MR) is 46.6 cm³/mol. The number of urea groups is 1.